The largest absolute Gasteiger partial charge is 0.632 e. The number of benzene rings is 5. The van der Waals surface area contributed by atoms with Gasteiger partial charge < -0.3 is 9.31 Å². The Morgan fingerprint density at radius 3 is 0.849 bits per heavy atom. The molecule has 0 N–H and O–H groups in total. The van der Waals surface area contributed by atoms with Crippen LogP contribution in [-0.4, -0.2) is 7.12 Å². The number of halogens is 20. The van der Waals surface area contributed by atoms with Gasteiger partial charge in [0.1, 0.15) is 0 Å². The fourth-order valence-electron chi connectivity index (χ4n) is 4.57. The molecule has 53 heavy (non-hydrogen) atoms. The minimum atomic E-state index is -3.51. The van der Waals surface area contributed by atoms with E-state index in [2.05, 4.69) is 9.31 Å². The van der Waals surface area contributed by atoms with Crippen molar-refractivity contribution in [1.29, 1.82) is 0 Å². The van der Waals surface area contributed by atoms with Crippen LogP contribution < -0.4 is 14.8 Å². The molecular formula is C30H3BF20O2. The summed E-state index contributed by atoms with van der Waals surface area (Å²) in [7, 11) is -3.51. The smallest absolute Gasteiger partial charge is 0.519 e. The minimum Gasteiger partial charge on any atom is -0.519 e. The summed E-state index contributed by atoms with van der Waals surface area (Å²) >= 11 is 0. The van der Waals surface area contributed by atoms with Crippen molar-refractivity contribution in [2.24, 2.45) is 0 Å². The average Bonchev–Trinajstić information content (AvgIpc) is 3.13. The summed E-state index contributed by atoms with van der Waals surface area (Å²) in [5.74, 6) is -63.8. The summed E-state index contributed by atoms with van der Waals surface area (Å²) in [6, 6.07) is 0.00460. The summed E-state index contributed by atoms with van der Waals surface area (Å²) in [6.07, 6.45) is 0. The van der Waals surface area contributed by atoms with E-state index >= 15 is 17.6 Å². The maximum absolute atomic E-state index is 15.3. The molecule has 0 aliphatic carbocycles. The van der Waals surface area contributed by atoms with Gasteiger partial charge in [0, 0.05) is 5.46 Å². The molecule has 0 aliphatic heterocycles. The molecule has 278 valence electrons. The Morgan fingerprint density at radius 2 is 0.547 bits per heavy atom. The predicted octanol–water partition coefficient (Wildman–Crippen LogP) is 9.66. The van der Waals surface area contributed by atoms with Crippen molar-refractivity contribution in [1.82, 2.24) is 0 Å². The van der Waals surface area contributed by atoms with Crippen LogP contribution in [0.15, 0.2) is 18.2 Å². The van der Waals surface area contributed by atoms with Gasteiger partial charge in [-0.05, 0) is 12.1 Å². The average molecular weight is 786 g/mol. The fraction of sp³-hybridized carbons (Fsp3) is 0. The Kier molecular flexibility index (Phi) is 10.00. The van der Waals surface area contributed by atoms with E-state index in [4.69, 9.17) is 0 Å². The van der Waals surface area contributed by atoms with Crippen LogP contribution in [-0.2, 0) is 0 Å². The molecule has 0 radical (unpaired) electrons. The van der Waals surface area contributed by atoms with Crippen molar-refractivity contribution < 1.29 is 97.1 Å². The second-order valence-corrected chi connectivity index (χ2v) is 10.1. The van der Waals surface area contributed by atoms with Gasteiger partial charge in [0.15, 0.2) is 92.9 Å². The highest BCUT2D eigenvalue weighted by Crippen LogP contribution is 2.45. The molecule has 0 heterocycles. The Balaban J connectivity index is 1.89. The quantitative estimate of drug-likeness (QED) is 0.0709. The van der Waals surface area contributed by atoms with Gasteiger partial charge in [0.25, 0.3) is 0 Å². The van der Waals surface area contributed by atoms with Gasteiger partial charge in [-0.3, -0.25) is 0 Å². The van der Waals surface area contributed by atoms with E-state index < -0.39 is 163 Å². The van der Waals surface area contributed by atoms with Crippen molar-refractivity contribution in [2.45, 2.75) is 0 Å². The zero-order valence-electron chi connectivity index (χ0n) is 24.2. The highest BCUT2D eigenvalue weighted by molar-refractivity contribution is 6.62. The molecule has 5 aromatic carbocycles. The standard InChI is InChI=1S/C30H3BF20O2/c32-5-2-1-4(3-6(5)33)31(52-29-9(15(38)21(44)25(48)27(29)50)7-11(34)17(40)23(46)18(41)12(7)35)53-30-10(16(39)22(45)26(49)28(30)51)8-13(36)19(42)24(47)20(43)14(8)37/h1-3H. The van der Waals surface area contributed by atoms with Gasteiger partial charge in [0.05, 0.1) is 22.3 Å². The molecule has 0 amide bonds. The van der Waals surface area contributed by atoms with Crippen LogP contribution in [0.4, 0.5) is 87.8 Å². The highest BCUT2D eigenvalue weighted by Gasteiger charge is 2.41. The van der Waals surface area contributed by atoms with Crippen LogP contribution >= 0.6 is 0 Å². The fourth-order valence-corrected chi connectivity index (χ4v) is 4.57. The Hall–Kier alpha value is -5.64. The maximum Gasteiger partial charge on any atom is 0.632 e. The first-order valence-corrected chi connectivity index (χ1v) is 13.2. The van der Waals surface area contributed by atoms with Crippen molar-refractivity contribution in [3.8, 4) is 33.8 Å². The molecule has 0 atom stereocenters. The van der Waals surface area contributed by atoms with Crippen LogP contribution in [0.25, 0.3) is 22.3 Å². The van der Waals surface area contributed by atoms with Crippen molar-refractivity contribution >= 4 is 12.6 Å². The highest BCUT2D eigenvalue weighted by atomic mass is 19.2. The summed E-state index contributed by atoms with van der Waals surface area (Å²) in [5, 5.41) is 0. The first kappa shape index (κ1) is 38.6. The molecule has 0 aliphatic rings. The molecule has 0 aromatic heterocycles. The second-order valence-electron chi connectivity index (χ2n) is 10.1. The molecule has 0 saturated heterocycles. The Morgan fingerprint density at radius 1 is 0.283 bits per heavy atom. The third kappa shape index (κ3) is 6.00. The lowest BCUT2D eigenvalue weighted by Gasteiger charge is -2.23. The van der Waals surface area contributed by atoms with E-state index in [1.165, 1.54) is 0 Å². The van der Waals surface area contributed by atoms with Crippen LogP contribution in [0, 0.1) is 116 Å². The van der Waals surface area contributed by atoms with E-state index in [9.17, 15) is 70.2 Å². The number of hydrogen-bond donors (Lipinski definition) is 0. The molecule has 2 nitrogen and oxygen atoms in total. The van der Waals surface area contributed by atoms with Crippen LogP contribution in [0.2, 0.25) is 0 Å². The topological polar surface area (TPSA) is 18.5 Å². The molecular weight excluding hydrogens is 783 g/mol. The molecule has 0 saturated carbocycles. The number of hydrogen-bond acceptors (Lipinski definition) is 2. The molecule has 0 unspecified atom stereocenters. The van der Waals surface area contributed by atoms with E-state index in [1.807, 2.05) is 0 Å². The molecule has 5 rings (SSSR count). The van der Waals surface area contributed by atoms with Crippen molar-refractivity contribution in [2.75, 3.05) is 0 Å². The van der Waals surface area contributed by atoms with Crippen molar-refractivity contribution in [3.05, 3.63) is 135 Å². The number of rotatable bonds is 7. The molecule has 0 fully saturated rings. The predicted molar refractivity (Wildman–Crippen MR) is 136 cm³/mol. The lowest BCUT2D eigenvalue weighted by atomic mass is 9.78. The van der Waals surface area contributed by atoms with Gasteiger partial charge in [-0.1, -0.05) is 6.07 Å². The molecule has 5 aromatic rings. The van der Waals surface area contributed by atoms with Crippen LogP contribution in [0.1, 0.15) is 0 Å². The van der Waals surface area contributed by atoms with E-state index in [-0.39, 0.29) is 18.2 Å². The molecule has 23 heteroatoms. The molecule has 0 bridgehead atoms. The zero-order chi connectivity index (χ0) is 39.7. The van der Waals surface area contributed by atoms with Gasteiger partial charge in [0.2, 0.25) is 34.9 Å². The second kappa shape index (κ2) is 13.7. The minimum absolute atomic E-state index is 0.0324. The first-order chi connectivity index (χ1) is 24.6. The summed E-state index contributed by atoms with van der Waals surface area (Å²) in [4.78, 5) is 0. The van der Waals surface area contributed by atoms with Gasteiger partial charge in [-0.2, -0.15) is 8.78 Å². The SMILES string of the molecule is Fc1ccc(B(Oc2c(F)c(F)c(F)c(F)c2-c2c(F)c(F)c(F)c(F)c2F)Oc2c(F)c(F)c(F)c(F)c2-c2c(F)c(F)c(F)c(F)c2F)cc1F. The Labute approximate surface area is 278 Å². The van der Waals surface area contributed by atoms with E-state index in [0.717, 1.165) is 0 Å². The normalized spacial score (nSPS) is 11.4. The van der Waals surface area contributed by atoms with Gasteiger partial charge >= 0.3 is 7.12 Å². The summed E-state index contributed by atoms with van der Waals surface area (Å²) < 4.78 is 299. The first-order valence-electron chi connectivity index (χ1n) is 13.2. The lowest BCUT2D eigenvalue weighted by molar-refractivity contribution is 0.353. The Bertz CT molecular complexity index is 2190. The monoisotopic (exact) mass is 786 g/mol. The summed E-state index contributed by atoms with van der Waals surface area (Å²) in [6.45, 7) is 0. The van der Waals surface area contributed by atoms with Gasteiger partial charge in [-0.15, -0.1) is 0 Å². The third-order valence-electron chi connectivity index (χ3n) is 7.03. The zero-order valence-corrected chi connectivity index (χ0v) is 24.2. The third-order valence-corrected chi connectivity index (χ3v) is 7.03. The maximum atomic E-state index is 15.3. The van der Waals surface area contributed by atoms with Crippen molar-refractivity contribution in [3.63, 3.8) is 0 Å². The lowest BCUT2D eigenvalue weighted by Crippen LogP contribution is -2.44. The van der Waals surface area contributed by atoms with Gasteiger partial charge in [-0.25, -0.2) is 79.0 Å². The van der Waals surface area contributed by atoms with Crippen LogP contribution in [0.3, 0.4) is 0 Å². The van der Waals surface area contributed by atoms with Crippen LogP contribution in [0.5, 0.6) is 11.5 Å². The van der Waals surface area contributed by atoms with E-state index in [1.54, 1.807) is 0 Å². The van der Waals surface area contributed by atoms with E-state index in [0.29, 0.717) is 0 Å². The molecule has 0 spiro atoms. The summed E-state index contributed by atoms with van der Waals surface area (Å²) in [5.41, 5.74) is -12.0.